The van der Waals surface area contributed by atoms with E-state index < -0.39 is 29.2 Å². The molecule has 0 saturated carbocycles. The molecule has 0 amide bonds. The first-order chi connectivity index (χ1) is 9.18. The molecule has 0 saturated heterocycles. The van der Waals surface area contributed by atoms with Crippen LogP contribution in [0.1, 0.15) is 5.56 Å². The number of hydrogen-bond donors (Lipinski definition) is 1. The van der Waals surface area contributed by atoms with Crippen LogP contribution in [0.4, 0.5) is 26.3 Å². The number of nitrogens with one attached hydrogen (secondary N) is 1. The lowest BCUT2D eigenvalue weighted by Gasteiger charge is -2.09. The molecule has 106 valence electrons. The lowest BCUT2D eigenvalue weighted by atomic mass is 10.1. The first-order valence-electron chi connectivity index (χ1n) is 5.15. The summed E-state index contributed by atoms with van der Waals surface area (Å²) in [5.41, 5.74) is -1.61. The highest BCUT2D eigenvalue weighted by Crippen LogP contribution is 2.32. The summed E-state index contributed by atoms with van der Waals surface area (Å²) in [6, 6.07) is 2.48. The van der Waals surface area contributed by atoms with Crippen LogP contribution in [0.2, 0.25) is 0 Å². The standard InChI is InChI=1S/C12H5F6NS/c13-7-1-5(2-8(14)11(7)15)9-3-6(12(16,17)18)4-10(20)19-9/h1-4H,(H,19,20). The zero-order chi connectivity index (χ0) is 15.1. The molecular formula is C12H5F6NS. The summed E-state index contributed by atoms with van der Waals surface area (Å²) >= 11 is 4.63. The van der Waals surface area contributed by atoms with E-state index in [1.807, 2.05) is 0 Å². The van der Waals surface area contributed by atoms with Crippen molar-refractivity contribution in [2.45, 2.75) is 6.18 Å². The van der Waals surface area contributed by atoms with Crippen LogP contribution in [0.15, 0.2) is 24.3 Å². The first-order valence-corrected chi connectivity index (χ1v) is 5.56. The van der Waals surface area contributed by atoms with Crippen LogP contribution >= 0.6 is 12.2 Å². The maximum absolute atomic E-state index is 13.1. The number of halogens is 6. The summed E-state index contributed by atoms with van der Waals surface area (Å²) < 4.78 is 76.6. The van der Waals surface area contributed by atoms with Gasteiger partial charge < -0.3 is 4.98 Å². The average Bonchev–Trinajstić information content (AvgIpc) is 2.33. The second-order valence-electron chi connectivity index (χ2n) is 3.90. The van der Waals surface area contributed by atoms with Crippen LogP contribution in [0.3, 0.4) is 0 Å². The Morgan fingerprint density at radius 1 is 0.900 bits per heavy atom. The number of benzene rings is 1. The van der Waals surface area contributed by atoms with E-state index in [-0.39, 0.29) is 15.9 Å². The Labute approximate surface area is 113 Å². The number of hydrogen-bond acceptors (Lipinski definition) is 1. The molecule has 0 spiro atoms. The highest BCUT2D eigenvalue weighted by atomic mass is 32.1. The van der Waals surface area contributed by atoms with Crippen LogP contribution in [-0.4, -0.2) is 4.98 Å². The van der Waals surface area contributed by atoms with Gasteiger partial charge in [0.05, 0.1) is 5.56 Å². The Hall–Kier alpha value is -1.83. The molecule has 0 fully saturated rings. The molecule has 0 aliphatic carbocycles. The summed E-state index contributed by atoms with van der Waals surface area (Å²) in [6.07, 6.45) is -4.66. The van der Waals surface area contributed by atoms with Gasteiger partial charge in [0.2, 0.25) is 0 Å². The number of H-pyrrole nitrogens is 1. The third-order valence-electron chi connectivity index (χ3n) is 2.47. The van der Waals surface area contributed by atoms with E-state index in [4.69, 9.17) is 0 Å². The van der Waals surface area contributed by atoms with Gasteiger partial charge >= 0.3 is 6.18 Å². The molecule has 2 rings (SSSR count). The third-order valence-corrected chi connectivity index (χ3v) is 2.69. The van der Waals surface area contributed by atoms with Gasteiger partial charge in [-0.15, -0.1) is 0 Å². The van der Waals surface area contributed by atoms with Crippen molar-refractivity contribution in [2.24, 2.45) is 0 Å². The lowest BCUT2D eigenvalue weighted by molar-refractivity contribution is -0.137. The number of aromatic nitrogens is 1. The highest BCUT2D eigenvalue weighted by molar-refractivity contribution is 7.71. The van der Waals surface area contributed by atoms with Crippen LogP contribution in [-0.2, 0) is 6.18 Å². The lowest BCUT2D eigenvalue weighted by Crippen LogP contribution is -2.06. The van der Waals surface area contributed by atoms with E-state index in [1.165, 1.54) is 0 Å². The van der Waals surface area contributed by atoms with Gasteiger partial charge in [-0.25, -0.2) is 13.2 Å². The molecule has 0 bridgehead atoms. The molecule has 1 aromatic heterocycles. The molecule has 0 atom stereocenters. The summed E-state index contributed by atoms with van der Waals surface area (Å²) in [4.78, 5) is 2.37. The van der Waals surface area contributed by atoms with Crippen LogP contribution < -0.4 is 0 Å². The number of aromatic amines is 1. The van der Waals surface area contributed by atoms with Gasteiger partial charge in [0, 0.05) is 11.3 Å². The third kappa shape index (κ3) is 2.84. The molecule has 8 heteroatoms. The average molecular weight is 309 g/mol. The summed E-state index contributed by atoms with van der Waals surface area (Å²) in [5.74, 6) is -4.70. The second-order valence-corrected chi connectivity index (χ2v) is 4.34. The molecule has 1 N–H and O–H groups in total. The SMILES string of the molecule is Fc1cc(-c2cc(C(F)(F)F)cc(=S)[nH]2)cc(F)c1F. The van der Waals surface area contributed by atoms with Crippen molar-refractivity contribution in [3.05, 3.63) is 51.9 Å². The topological polar surface area (TPSA) is 15.8 Å². The molecule has 1 heterocycles. The smallest absolute Gasteiger partial charge is 0.346 e. The van der Waals surface area contributed by atoms with Crippen molar-refractivity contribution in [3.63, 3.8) is 0 Å². The van der Waals surface area contributed by atoms with Crippen molar-refractivity contribution in [1.82, 2.24) is 4.98 Å². The Bertz CT molecular complexity index is 696. The number of rotatable bonds is 1. The van der Waals surface area contributed by atoms with Gasteiger partial charge in [0.1, 0.15) is 4.64 Å². The molecular weight excluding hydrogens is 304 g/mol. The van der Waals surface area contributed by atoms with Gasteiger partial charge in [0.15, 0.2) is 17.5 Å². The summed E-state index contributed by atoms with van der Waals surface area (Å²) in [6.45, 7) is 0. The number of alkyl halides is 3. The molecule has 0 unspecified atom stereocenters. The minimum atomic E-state index is -4.66. The Morgan fingerprint density at radius 3 is 1.95 bits per heavy atom. The fraction of sp³-hybridized carbons (Fsp3) is 0.0833. The monoisotopic (exact) mass is 309 g/mol. The second kappa shape index (κ2) is 4.93. The number of pyridine rings is 1. The van der Waals surface area contributed by atoms with Crippen LogP contribution in [0.5, 0.6) is 0 Å². The van der Waals surface area contributed by atoms with Crippen molar-refractivity contribution < 1.29 is 26.3 Å². The van der Waals surface area contributed by atoms with Gasteiger partial charge in [-0.05, 0) is 24.3 Å². The first kappa shape index (κ1) is 14.6. The van der Waals surface area contributed by atoms with Crippen molar-refractivity contribution in [2.75, 3.05) is 0 Å². The van der Waals surface area contributed by atoms with Gasteiger partial charge in [-0.3, -0.25) is 0 Å². The van der Waals surface area contributed by atoms with Gasteiger partial charge in [-0.1, -0.05) is 12.2 Å². The molecule has 2 aromatic rings. The van der Waals surface area contributed by atoms with E-state index in [0.717, 1.165) is 0 Å². The van der Waals surface area contributed by atoms with Crippen molar-refractivity contribution in [1.29, 1.82) is 0 Å². The van der Waals surface area contributed by atoms with Crippen LogP contribution in [0, 0.1) is 22.1 Å². The van der Waals surface area contributed by atoms with E-state index in [2.05, 4.69) is 17.2 Å². The predicted octanol–water partition coefficient (Wildman–Crippen LogP) is 4.85. The Balaban J connectivity index is 2.65. The summed E-state index contributed by atoms with van der Waals surface area (Å²) in [5, 5.41) is 0. The largest absolute Gasteiger partial charge is 0.416 e. The van der Waals surface area contributed by atoms with E-state index >= 15 is 0 Å². The Morgan fingerprint density at radius 2 is 1.45 bits per heavy atom. The molecule has 20 heavy (non-hydrogen) atoms. The maximum Gasteiger partial charge on any atom is 0.416 e. The zero-order valence-electron chi connectivity index (χ0n) is 9.49. The van der Waals surface area contributed by atoms with Gasteiger partial charge in [-0.2, -0.15) is 13.2 Å². The van der Waals surface area contributed by atoms with Gasteiger partial charge in [0.25, 0.3) is 0 Å². The predicted molar refractivity (Wildman–Crippen MR) is 61.9 cm³/mol. The van der Waals surface area contributed by atoms with Crippen molar-refractivity contribution >= 4 is 12.2 Å². The van der Waals surface area contributed by atoms with Crippen molar-refractivity contribution in [3.8, 4) is 11.3 Å². The minimum Gasteiger partial charge on any atom is -0.346 e. The summed E-state index contributed by atoms with van der Waals surface area (Å²) in [7, 11) is 0. The molecule has 1 aromatic carbocycles. The van der Waals surface area contributed by atoms with E-state index in [1.54, 1.807) is 0 Å². The van der Waals surface area contributed by atoms with Crippen LogP contribution in [0.25, 0.3) is 11.3 Å². The maximum atomic E-state index is 13.1. The Kier molecular flexibility index (Phi) is 3.59. The highest BCUT2D eigenvalue weighted by Gasteiger charge is 2.31. The molecule has 0 aliphatic rings. The normalized spacial score (nSPS) is 11.7. The van der Waals surface area contributed by atoms with E-state index in [0.29, 0.717) is 24.3 Å². The molecule has 0 radical (unpaired) electrons. The minimum absolute atomic E-state index is 0.261. The quantitative estimate of drug-likeness (QED) is 0.452. The van der Waals surface area contributed by atoms with E-state index in [9.17, 15) is 26.3 Å². The zero-order valence-corrected chi connectivity index (χ0v) is 10.3. The fourth-order valence-corrected chi connectivity index (χ4v) is 1.81. The molecule has 1 nitrogen and oxygen atoms in total. The fourth-order valence-electron chi connectivity index (χ4n) is 1.57. The molecule has 0 aliphatic heterocycles.